The molecule has 1 amide bonds. The second kappa shape index (κ2) is 8.46. The highest BCUT2D eigenvalue weighted by Gasteiger charge is 2.56. The van der Waals surface area contributed by atoms with E-state index in [0.717, 1.165) is 0 Å². The van der Waals surface area contributed by atoms with Gasteiger partial charge in [0.25, 0.3) is 0 Å². The van der Waals surface area contributed by atoms with Crippen LogP contribution in [0.4, 0.5) is 4.79 Å². The van der Waals surface area contributed by atoms with Gasteiger partial charge in [0.15, 0.2) is 11.2 Å². The standard InChI is InChI=1S/C19H23NO5/c1-3-13-25-18(23)20-16(14-9-6-5-7-10-14)19(17(22)24-4-2)12-8-11-15(19)21/h3,5-7,9-10,16H,1,4,8,11-13H2,2H3,(H,20,23)/t16-,19-/m0/s1. The zero-order valence-corrected chi connectivity index (χ0v) is 14.3. The van der Waals surface area contributed by atoms with E-state index in [9.17, 15) is 14.4 Å². The lowest BCUT2D eigenvalue weighted by Crippen LogP contribution is -2.49. The van der Waals surface area contributed by atoms with Gasteiger partial charge in [0, 0.05) is 6.42 Å². The molecular weight excluding hydrogens is 322 g/mol. The number of hydrogen-bond donors (Lipinski definition) is 1. The Morgan fingerprint density at radius 3 is 2.60 bits per heavy atom. The molecule has 0 aliphatic heterocycles. The van der Waals surface area contributed by atoms with Crippen LogP contribution in [-0.2, 0) is 19.1 Å². The van der Waals surface area contributed by atoms with E-state index in [0.29, 0.717) is 18.4 Å². The van der Waals surface area contributed by atoms with Crippen LogP contribution in [0.25, 0.3) is 0 Å². The van der Waals surface area contributed by atoms with E-state index in [2.05, 4.69) is 11.9 Å². The first-order valence-corrected chi connectivity index (χ1v) is 8.36. The average molecular weight is 345 g/mol. The van der Waals surface area contributed by atoms with Gasteiger partial charge in [-0.2, -0.15) is 0 Å². The summed E-state index contributed by atoms with van der Waals surface area (Å²) in [6.45, 7) is 5.38. The molecule has 1 saturated carbocycles. The first-order chi connectivity index (χ1) is 12.1. The van der Waals surface area contributed by atoms with Gasteiger partial charge in [0.05, 0.1) is 12.6 Å². The zero-order chi connectivity index (χ0) is 18.3. The van der Waals surface area contributed by atoms with Crippen molar-refractivity contribution >= 4 is 17.8 Å². The molecule has 1 N–H and O–H groups in total. The quantitative estimate of drug-likeness (QED) is 0.467. The molecule has 0 radical (unpaired) electrons. The summed E-state index contributed by atoms with van der Waals surface area (Å²) >= 11 is 0. The molecule has 1 fully saturated rings. The van der Waals surface area contributed by atoms with Crippen LogP contribution in [0.3, 0.4) is 0 Å². The van der Waals surface area contributed by atoms with Crippen LogP contribution in [0.15, 0.2) is 43.0 Å². The van der Waals surface area contributed by atoms with Crippen LogP contribution in [0, 0.1) is 5.41 Å². The fraction of sp³-hybridized carbons (Fsp3) is 0.421. The van der Waals surface area contributed by atoms with Gasteiger partial charge in [-0.1, -0.05) is 43.0 Å². The van der Waals surface area contributed by atoms with Crippen molar-refractivity contribution in [2.75, 3.05) is 13.2 Å². The highest BCUT2D eigenvalue weighted by atomic mass is 16.5. The molecule has 0 heterocycles. The fourth-order valence-electron chi connectivity index (χ4n) is 3.22. The number of esters is 1. The minimum Gasteiger partial charge on any atom is -0.465 e. The second-order valence-electron chi connectivity index (χ2n) is 5.84. The Labute approximate surface area is 147 Å². The summed E-state index contributed by atoms with van der Waals surface area (Å²) < 4.78 is 10.2. The van der Waals surface area contributed by atoms with Gasteiger partial charge in [-0.05, 0) is 25.3 Å². The summed E-state index contributed by atoms with van der Waals surface area (Å²) in [5.74, 6) is -0.820. The van der Waals surface area contributed by atoms with Crippen molar-refractivity contribution in [3.63, 3.8) is 0 Å². The van der Waals surface area contributed by atoms with Gasteiger partial charge in [-0.15, -0.1) is 0 Å². The van der Waals surface area contributed by atoms with Gasteiger partial charge >= 0.3 is 12.1 Å². The Morgan fingerprint density at radius 1 is 1.32 bits per heavy atom. The summed E-state index contributed by atoms with van der Waals surface area (Å²) in [6.07, 6.45) is 1.91. The minimum absolute atomic E-state index is 0.0354. The van der Waals surface area contributed by atoms with Crippen LogP contribution in [0.1, 0.15) is 37.8 Å². The van der Waals surface area contributed by atoms with Crippen LogP contribution in [-0.4, -0.2) is 31.1 Å². The van der Waals surface area contributed by atoms with E-state index >= 15 is 0 Å². The first kappa shape index (κ1) is 18.7. The smallest absolute Gasteiger partial charge is 0.407 e. The lowest BCUT2D eigenvalue weighted by atomic mass is 9.74. The molecule has 134 valence electrons. The predicted octanol–water partition coefficient (Wildman–Crippen LogP) is 2.94. The van der Waals surface area contributed by atoms with Crippen molar-refractivity contribution < 1.29 is 23.9 Å². The number of hydrogen-bond acceptors (Lipinski definition) is 5. The number of nitrogens with one attached hydrogen (secondary N) is 1. The molecule has 1 aromatic rings. The number of alkyl carbamates (subject to hydrolysis) is 1. The molecule has 1 aromatic carbocycles. The lowest BCUT2D eigenvalue weighted by Gasteiger charge is -2.34. The number of benzene rings is 1. The van der Waals surface area contributed by atoms with Crippen LogP contribution < -0.4 is 5.32 Å². The molecule has 0 aromatic heterocycles. The van der Waals surface area contributed by atoms with E-state index in [1.54, 1.807) is 31.2 Å². The van der Waals surface area contributed by atoms with Crippen molar-refractivity contribution in [3.8, 4) is 0 Å². The molecule has 1 aliphatic carbocycles. The number of amides is 1. The second-order valence-corrected chi connectivity index (χ2v) is 5.84. The zero-order valence-electron chi connectivity index (χ0n) is 14.3. The Balaban J connectivity index is 2.43. The normalized spacial score (nSPS) is 20.6. The molecule has 0 saturated heterocycles. The van der Waals surface area contributed by atoms with E-state index in [1.807, 2.05) is 6.07 Å². The van der Waals surface area contributed by atoms with Crippen molar-refractivity contribution in [3.05, 3.63) is 48.6 Å². The van der Waals surface area contributed by atoms with Crippen molar-refractivity contribution in [2.45, 2.75) is 32.2 Å². The van der Waals surface area contributed by atoms with Crippen LogP contribution in [0.2, 0.25) is 0 Å². The number of ether oxygens (including phenoxy) is 2. The summed E-state index contributed by atoms with van der Waals surface area (Å²) in [6, 6.07) is 8.09. The average Bonchev–Trinajstić information content (AvgIpc) is 3.01. The predicted molar refractivity (Wildman–Crippen MR) is 91.8 cm³/mol. The molecule has 25 heavy (non-hydrogen) atoms. The number of carbonyl (C=O) groups excluding carboxylic acids is 3. The van der Waals surface area contributed by atoms with Crippen LogP contribution in [0.5, 0.6) is 0 Å². The number of Topliss-reactive ketones (excluding diaryl/α,β-unsaturated/α-hetero) is 1. The molecule has 6 heteroatoms. The van der Waals surface area contributed by atoms with E-state index in [4.69, 9.17) is 9.47 Å². The maximum atomic E-state index is 12.7. The molecular formula is C19H23NO5. The topological polar surface area (TPSA) is 81.7 Å². The van der Waals surface area contributed by atoms with E-state index in [1.165, 1.54) is 6.08 Å². The molecule has 6 nitrogen and oxygen atoms in total. The van der Waals surface area contributed by atoms with E-state index in [-0.39, 0.29) is 25.4 Å². The van der Waals surface area contributed by atoms with E-state index < -0.39 is 23.5 Å². The van der Waals surface area contributed by atoms with Gasteiger partial charge in [-0.25, -0.2) is 4.79 Å². The SMILES string of the molecule is C=CCOC(=O)N[C@@H](c1ccccc1)[C@]1(C(=O)OCC)CCCC1=O. The molecule has 2 rings (SSSR count). The Morgan fingerprint density at radius 2 is 2.04 bits per heavy atom. The van der Waals surface area contributed by atoms with Crippen molar-refractivity contribution in [1.82, 2.24) is 5.32 Å². The monoisotopic (exact) mass is 345 g/mol. The molecule has 0 bridgehead atoms. The minimum atomic E-state index is -1.43. The number of ketones is 1. The summed E-state index contributed by atoms with van der Waals surface area (Å²) in [5, 5.41) is 2.69. The van der Waals surface area contributed by atoms with Gasteiger partial charge in [0.2, 0.25) is 0 Å². The lowest BCUT2D eigenvalue weighted by molar-refractivity contribution is -0.161. The van der Waals surface area contributed by atoms with Crippen molar-refractivity contribution in [1.29, 1.82) is 0 Å². The maximum Gasteiger partial charge on any atom is 0.407 e. The summed E-state index contributed by atoms with van der Waals surface area (Å²) in [4.78, 5) is 37.6. The summed E-state index contributed by atoms with van der Waals surface area (Å²) in [5.41, 5.74) is -0.772. The van der Waals surface area contributed by atoms with Crippen LogP contribution >= 0.6 is 0 Å². The highest BCUT2D eigenvalue weighted by Crippen LogP contribution is 2.46. The van der Waals surface area contributed by atoms with Gasteiger partial charge in [-0.3, -0.25) is 9.59 Å². The van der Waals surface area contributed by atoms with Gasteiger partial charge < -0.3 is 14.8 Å². The fourth-order valence-corrected chi connectivity index (χ4v) is 3.22. The Bertz CT molecular complexity index is 642. The Kier molecular flexibility index (Phi) is 6.33. The molecule has 1 aliphatic rings. The number of carbonyl (C=O) groups is 3. The molecule has 2 atom stereocenters. The first-order valence-electron chi connectivity index (χ1n) is 8.36. The molecule has 0 spiro atoms. The molecule has 0 unspecified atom stereocenters. The number of rotatable bonds is 7. The third-order valence-corrected chi connectivity index (χ3v) is 4.33. The third-order valence-electron chi connectivity index (χ3n) is 4.33. The largest absolute Gasteiger partial charge is 0.465 e. The van der Waals surface area contributed by atoms with Gasteiger partial charge in [0.1, 0.15) is 6.61 Å². The maximum absolute atomic E-state index is 12.7. The third kappa shape index (κ3) is 3.90. The Hall–Kier alpha value is -2.63. The van der Waals surface area contributed by atoms with Crippen molar-refractivity contribution in [2.24, 2.45) is 5.41 Å². The highest BCUT2D eigenvalue weighted by molar-refractivity contribution is 6.06. The summed E-state index contributed by atoms with van der Waals surface area (Å²) in [7, 11) is 0.